The number of anilines is 1. The molecule has 0 fully saturated rings. The van der Waals surface area contributed by atoms with Crippen LogP contribution in [0.1, 0.15) is 5.56 Å². The molecule has 1 aromatic heterocycles. The molecule has 0 spiro atoms. The topological polar surface area (TPSA) is 112 Å². The first-order chi connectivity index (χ1) is 18.0. The van der Waals surface area contributed by atoms with Gasteiger partial charge < -0.3 is 19.5 Å². The fourth-order valence-corrected chi connectivity index (χ4v) is 4.46. The Labute approximate surface area is 221 Å². The smallest absolute Gasteiger partial charge is 0.258 e. The SMILES string of the molecule is O=C(COc1ccc(Cl)cc1)NC(Cc1ccccc1)C(=O)Nc1nnc(-c2ccc3c(c2)OCO3)s1. The van der Waals surface area contributed by atoms with Gasteiger partial charge in [0, 0.05) is 17.0 Å². The van der Waals surface area contributed by atoms with Gasteiger partial charge in [0.2, 0.25) is 17.8 Å². The van der Waals surface area contributed by atoms with Crippen molar-refractivity contribution in [3.05, 3.63) is 83.4 Å². The molecule has 0 aliphatic carbocycles. The van der Waals surface area contributed by atoms with Gasteiger partial charge in [0.05, 0.1) is 0 Å². The molecule has 11 heteroatoms. The normalized spacial score (nSPS) is 12.6. The highest BCUT2D eigenvalue weighted by atomic mass is 35.5. The molecule has 1 aliphatic heterocycles. The van der Waals surface area contributed by atoms with Crippen LogP contribution in [-0.2, 0) is 16.0 Å². The van der Waals surface area contributed by atoms with Crippen molar-refractivity contribution >= 4 is 39.9 Å². The van der Waals surface area contributed by atoms with Crippen LogP contribution in [0.25, 0.3) is 10.6 Å². The predicted octanol–water partition coefficient (Wildman–Crippen LogP) is 4.33. The van der Waals surface area contributed by atoms with Crippen LogP contribution in [0, 0.1) is 0 Å². The van der Waals surface area contributed by atoms with Gasteiger partial charge in [-0.3, -0.25) is 14.9 Å². The molecule has 0 saturated heterocycles. The van der Waals surface area contributed by atoms with Crippen molar-refractivity contribution in [1.82, 2.24) is 15.5 Å². The first kappa shape index (κ1) is 24.5. The zero-order chi connectivity index (χ0) is 25.6. The minimum atomic E-state index is -0.860. The minimum absolute atomic E-state index is 0.176. The summed E-state index contributed by atoms with van der Waals surface area (Å²) in [6.45, 7) is -0.0806. The molecule has 2 N–H and O–H groups in total. The summed E-state index contributed by atoms with van der Waals surface area (Å²) in [6.07, 6.45) is 0.285. The molecule has 9 nitrogen and oxygen atoms in total. The summed E-state index contributed by atoms with van der Waals surface area (Å²) < 4.78 is 16.3. The maximum absolute atomic E-state index is 13.2. The molecule has 2 heterocycles. The lowest BCUT2D eigenvalue weighted by atomic mass is 10.1. The van der Waals surface area contributed by atoms with Gasteiger partial charge in [-0.1, -0.05) is 53.3 Å². The summed E-state index contributed by atoms with van der Waals surface area (Å²) in [4.78, 5) is 25.8. The lowest BCUT2D eigenvalue weighted by molar-refractivity contribution is -0.127. The van der Waals surface area contributed by atoms with Gasteiger partial charge in [-0.05, 0) is 48.0 Å². The number of nitrogens with one attached hydrogen (secondary N) is 2. The van der Waals surface area contributed by atoms with Gasteiger partial charge in [0.15, 0.2) is 18.1 Å². The van der Waals surface area contributed by atoms with Gasteiger partial charge in [-0.15, -0.1) is 10.2 Å². The molecule has 188 valence electrons. The Hall–Kier alpha value is -4.15. The maximum atomic E-state index is 13.2. The largest absolute Gasteiger partial charge is 0.484 e. The van der Waals surface area contributed by atoms with Crippen molar-refractivity contribution in [2.45, 2.75) is 12.5 Å². The average molecular weight is 537 g/mol. The van der Waals surface area contributed by atoms with E-state index in [4.69, 9.17) is 25.8 Å². The van der Waals surface area contributed by atoms with Gasteiger partial charge in [0.25, 0.3) is 5.91 Å². The van der Waals surface area contributed by atoms with Gasteiger partial charge in [-0.25, -0.2) is 0 Å². The fourth-order valence-electron chi connectivity index (χ4n) is 3.59. The second-order valence-electron chi connectivity index (χ2n) is 8.02. The number of carbonyl (C=O) groups excluding carboxylic acids is 2. The highest BCUT2D eigenvalue weighted by molar-refractivity contribution is 7.18. The van der Waals surface area contributed by atoms with Crippen LogP contribution < -0.4 is 24.8 Å². The molecule has 0 radical (unpaired) electrons. The van der Waals surface area contributed by atoms with E-state index < -0.39 is 17.9 Å². The highest BCUT2D eigenvalue weighted by Crippen LogP contribution is 2.37. The summed E-state index contributed by atoms with van der Waals surface area (Å²) in [7, 11) is 0. The lowest BCUT2D eigenvalue weighted by Gasteiger charge is -2.18. The van der Waals surface area contributed by atoms with Crippen LogP contribution >= 0.6 is 22.9 Å². The number of amides is 2. The third-order valence-corrected chi connectivity index (χ3v) is 6.53. The van der Waals surface area contributed by atoms with Crippen LogP contribution in [0.2, 0.25) is 5.02 Å². The number of hydrogen-bond acceptors (Lipinski definition) is 8. The first-order valence-electron chi connectivity index (χ1n) is 11.3. The fraction of sp³-hybridized carbons (Fsp3) is 0.154. The van der Waals surface area contributed by atoms with E-state index in [1.54, 1.807) is 30.3 Å². The van der Waals surface area contributed by atoms with E-state index in [-0.39, 0.29) is 19.8 Å². The Balaban J connectivity index is 1.25. The van der Waals surface area contributed by atoms with E-state index >= 15 is 0 Å². The maximum Gasteiger partial charge on any atom is 0.258 e. The number of benzene rings is 3. The number of rotatable bonds is 9. The van der Waals surface area contributed by atoms with E-state index in [1.165, 1.54) is 11.3 Å². The van der Waals surface area contributed by atoms with Crippen molar-refractivity contribution in [2.24, 2.45) is 0 Å². The Bertz CT molecular complexity index is 1400. The standard InChI is InChI=1S/C26H21ClN4O5S/c27-18-7-9-19(10-8-18)34-14-23(32)28-20(12-16-4-2-1-3-5-16)24(33)29-26-31-30-25(37-26)17-6-11-21-22(13-17)36-15-35-21/h1-11,13,20H,12,14-15H2,(H,28,32)(H,29,31,33). The van der Waals surface area contributed by atoms with E-state index in [2.05, 4.69) is 20.8 Å². The molecule has 4 aromatic rings. The Morgan fingerprint density at radius 1 is 1.00 bits per heavy atom. The van der Waals surface area contributed by atoms with Crippen molar-refractivity contribution < 1.29 is 23.8 Å². The first-order valence-corrected chi connectivity index (χ1v) is 12.5. The number of fused-ring (bicyclic) bond motifs is 1. The van der Waals surface area contributed by atoms with Crippen molar-refractivity contribution in [2.75, 3.05) is 18.7 Å². The van der Waals surface area contributed by atoms with Crippen LogP contribution in [0.5, 0.6) is 17.2 Å². The molecule has 3 aromatic carbocycles. The molecule has 0 bridgehead atoms. The molecule has 1 atom stereocenters. The van der Waals surface area contributed by atoms with E-state index in [0.717, 1.165) is 11.1 Å². The summed E-state index contributed by atoms with van der Waals surface area (Å²) in [5.74, 6) is 0.931. The third kappa shape index (κ3) is 6.35. The quantitative estimate of drug-likeness (QED) is 0.327. The van der Waals surface area contributed by atoms with Crippen molar-refractivity contribution in [1.29, 1.82) is 0 Å². The molecule has 5 rings (SSSR count). The van der Waals surface area contributed by atoms with Crippen molar-refractivity contribution in [3.63, 3.8) is 0 Å². The van der Waals surface area contributed by atoms with Crippen LogP contribution in [0.4, 0.5) is 5.13 Å². The monoisotopic (exact) mass is 536 g/mol. The second-order valence-corrected chi connectivity index (χ2v) is 9.44. The summed E-state index contributed by atoms with van der Waals surface area (Å²) >= 11 is 7.09. The summed E-state index contributed by atoms with van der Waals surface area (Å²) in [5, 5.41) is 15.3. The number of ether oxygens (including phenoxy) is 3. The number of aromatic nitrogens is 2. The van der Waals surface area contributed by atoms with Crippen molar-refractivity contribution in [3.8, 4) is 27.8 Å². The number of halogens is 1. The number of nitrogens with zero attached hydrogens (tertiary/aromatic N) is 2. The molecular weight excluding hydrogens is 516 g/mol. The zero-order valence-corrected chi connectivity index (χ0v) is 20.9. The van der Waals surface area contributed by atoms with E-state index in [1.807, 2.05) is 42.5 Å². The average Bonchev–Trinajstić information content (AvgIpc) is 3.58. The zero-order valence-electron chi connectivity index (χ0n) is 19.3. The highest BCUT2D eigenvalue weighted by Gasteiger charge is 2.23. The van der Waals surface area contributed by atoms with Gasteiger partial charge in [-0.2, -0.15) is 0 Å². The van der Waals surface area contributed by atoms with E-state index in [9.17, 15) is 9.59 Å². The molecule has 2 amide bonds. The summed E-state index contributed by atoms with van der Waals surface area (Å²) in [6, 6.07) is 20.7. The molecule has 37 heavy (non-hydrogen) atoms. The molecular formula is C26H21ClN4O5S. The Morgan fingerprint density at radius 3 is 2.59 bits per heavy atom. The minimum Gasteiger partial charge on any atom is -0.484 e. The molecule has 0 saturated carbocycles. The number of hydrogen-bond donors (Lipinski definition) is 2. The Morgan fingerprint density at radius 2 is 1.78 bits per heavy atom. The van der Waals surface area contributed by atoms with Crippen LogP contribution in [-0.4, -0.2) is 41.5 Å². The number of carbonyl (C=O) groups is 2. The Kier molecular flexibility index (Phi) is 7.48. The van der Waals surface area contributed by atoms with Gasteiger partial charge >= 0.3 is 0 Å². The second kappa shape index (κ2) is 11.3. The van der Waals surface area contributed by atoms with Crippen LogP contribution in [0.3, 0.4) is 0 Å². The lowest BCUT2D eigenvalue weighted by Crippen LogP contribution is -2.46. The van der Waals surface area contributed by atoms with E-state index in [0.29, 0.717) is 32.4 Å². The predicted molar refractivity (Wildman–Crippen MR) is 139 cm³/mol. The molecule has 1 aliphatic rings. The molecule has 1 unspecified atom stereocenters. The van der Waals surface area contributed by atoms with Crippen LogP contribution in [0.15, 0.2) is 72.8 Å². The van der Waals surface area contributed by atoms with Gasteiger partial charge in [0.1, 0.15) is 16.8 Å². The third-order valence-electron chi connectivity index (χ3n) is 5.39. The summed E-state index contributed by atoms with van der Waals surface area (Å²) in [5.41, 5.74) is 1.68.